The standard InChI is InChI=1S/C14H23N3O2/c1-2-15-13(17-10-14(11-18)6-7-14)16-8-5-12-4-3-9-19-12/h3-4,9,18H,2,5-8,10-11H2,1H3,(H2,15,16,17). The summed E-state index contributed by atoms with van der Waals surface area (Å²) in [7, 11) is 0. The summed E-state index contributed by atoms with van der Waals surface area (Å²) in [5.41, 5.74) is 0.0589. The number of nitrogens with zero attached hydrogens (tertiary/aromatic N) is 1. The summed E-state index contributed by atoms with van der Waals surface area (Å²) >= 11 is 0. The van der Waals surface area contributed by atoms with E-state index in [0.29, 0.717) is 6.54 Å². The average Bonchev–Trinajstić information content (AvgIpc) is 3.03. The Morgan fingerprint density at radius 2 is 2.32 bits per heavy atom. The minimum absolute atomic E-state index is 0.0589. The minimum atomic E-state index is 0.0589. The molecule has 0 spiro atoms. The van der Waals surface area contributed by atoms with Crippen molar-refractivity contribution in [1.82, 2.24) is 10.6 Å². The van der Waals surface area contributed by atoms with Gasteiger partial charge in [0.2, 0.25) is 0 Å². The Balaban J connectivity index is 1.76. The van der Waals surface area contributed by atoms with E-state index in [1.807, 2.05) is 19.1 Å². The Kier molecular flexibility index (Phi) is 4.85. The molecule has 0 aromatic carbocycles. The fourth-order valence-electron chi connectivity index (χ4n) is 1.89. The van der Waals surface area contributed by atoms with Gasteiger partial charge < -0.3 is 20.2 Å². The van der Waals surface area contributed by atoms with Crippen LogP contribution in [0, 0.1) is 5.41 Å². The zero-order chi connectivity index (χ0) is 13.6. The lowest BCUT2D eigenvalue weighted by Crippen LogP contribution is -2.38. The third-order valence-corrected chi connectivity index (χ3v) is 3.45. The number of hydrogen-bond donors (Lipinski definition) is 3. The molecule has 5 heteroatoms. The molecule has 1 heterocycles. The van der Waals surface area contributed by atoms with E-state index in [-0.39, 0.29) is 12.0 Å². The average molecular weight is 265 g/mol. The topological polar surface area (TPSA) is 69.8 Å². The van der Waals surface area contributed by atoms with E-state index >= 15 is 0 Å². The molecule has 1 aromatic heterocycles. The van der Waals surface area contributed by atoms with Gasteiger partial charge in [-0.15, -0.1) is 0 Å². The van der Waals surface area contributed by atoms with E-state index in [1.54, 1.807) is 6.26 Å². The lowest BCUT2D eigenvalue weighted by Gasteiger charge is -2.13. The summed E-state index contributed by atoms with van der Waals surface area (Å²) < 4.78 is 5.28. The molecule has 0 atom stereocenters. The molecule has 1 fully saturated rings. The van der Waals surface area contributed by atoms with Gasteiger partial charge in [0.1, 0.15) is 5.76 Å². The van der Waals surface area contributed by atoms with Crippen molar-refractivity contribution >= 4 is 5.96 Å². The molecular weight excluding hydrogens is 242 g/mol. The van der Waals surface area contributed by atoms with Gasteiger partial charge in [0.15, 0.2) is 5.96 Å². The second-order valence-electron chi connectivity index (χ2n) is 5.11. The molecule has 0 radical (unpaired) electrons. The van der Waals surface area contributed by atoms with Crippen molar-refractivity contribution in [3.8, 4) is 0 Å². The van der Waals surface area contributed by atoms with E-state index < -0.39 is 0 Å². The largest absolute Gasteiger partial charge is 0.469 e. The van der Waals surface area contributed by atoms with Crippen molar-refractivity contribution in [3.63, 3.8) is 0 Å². The van der Waals surface area contributed by atoms with Crippen LogP contribution < -0.4 is 10.6 Å². The van der Waals surface area contributed by atoms with Crippen LogP contribution in [-0.4, -0.2) is 37.3 Å². The van der Waals surface area contributed by atoms with E-state index in [0.717, 1.165) is 44.1 Å². The van der Waals surface area contributed by atoms with Crippen LogP contribution in [0.15, 0.2) is 27.8 Å². The first-order chi connectivity index (χ1) is 9.28. The molecule has 0 unspecified atom stereocenters. The quantitative estimate of drug-likeness (QED) is 0.511. The van der Waals surface area contributed by atoms with E-state index in [1.165, 1.54) is 0 Å². The van der Waals surface area contributed by atoms with Crippen LogP contribution in [0.25, 0.3) is 0 Å². The van der Waals surface area contributed by atoms with Crippen LogP contribution in [0.5, 0.6) is 0 Å². The van der Waals surface area contributed by atoms with Crippen LogP contribution in [0.1, 0.15) is 25.5 Å². The molecule has 1 aliphatic rings. The number of guanidine groups is 1. The number of aliphatic imine (C=N–C) groups is 1. The van der Waals surface area contributed by atoms with Crippen LogP contribution in [0.3, 0.4) is 0 Å². The van der Waals surface area contributed by atoms with Crippen LogP contribution in [0.2, 0.25) is 0 Å². The molecule has 1 aromatic rings. The summed E-state index contributed by atoms with van der Waals surface area (Å²) in [6.45, 7) is 4.59. The van der Waals surface area contributed by atoms with Gasteiger partial charge in [-0.3, -0.25) is 4.99 Å². The van der Waals surface area contributed by atoms with Crippen molar-refractivity contribution in [2.75, 3.05) is 26.2 Å². The Morgan fingerprint density at radius 1 is 1.47 bits per heavy atom. The Labute approximate surface area is 114 Å². The second-order valence-corrected chi connectivity index (χ2v) is 5.11. The highest BCUT2D eigenvalue weighted by molar-refractivity contribution is 5.79. The summed E-state index contributed by atoms with van der Waals surface area (Å²) in [5.74, 6) is 1.78. The molecule has 19 heavy (non-hydrogen) atoms. The van der Waals surface area contributed by atoms with Gasteiger partial charge in [-0.25, -0.2) is 0 Å². The lowest BCUT2D eigenvalue weighted by molar-refractivity contribution is 0.217. The first-order valence-electron chi connectivity index (χ1n) is 6.93. The highest BCUT2D eigenvalue weighted by Gasteiger charge is 2.41. The van der Waals surface area contributed by atoms with Gasteiger partial charge >= 0.3 is 0 Å². The third kappa shape index (κ3) is 4.28. The van der Waals surface area contributed by atoms with Gasteiger partial charge in [0, 0.05) is 24.9 Å². The van der Waals surface area contributed by atoms with Gasteiger partial charge in [-0.05, 0) is 31.9 Å². The van der Waals surface area contributed by atoms with Crippen molar-refractivity contribution < 1.29 is 9.52 Å². The SMILES string of the molecule is CCNC(=NCC1(CO)CC1)NCCc1ccco1. The fourth-order valence-corrected chi connectivity index (χ4v) is 1.89. The Bertz CT molecular complexity index is 397. The molecule has 0 saturated heterocycles. The highest BCUT2D eigenvalue weighted by atomic mass is 16.3. The van der Waals surface area contributed by atoms with Crippen molar-refractivity contribution in [2.45, 2.75) is 26.2 Å². The summed E-state index contributed by atoms with van der Waals surface area (Å²) in [4.78, 5) is 4.54. The number of hydrogen-bond acceptors (Lipinski definition) is 3. The summed E-state index contributed by atoms with van der Waals surface area (Å²) in [5, 5.41) is 15.8. The van der Waals surface area contributed by atoms with E-state index in [9.17, 15) is 5.11 Å². The number of nitrogens with one attached hydrogen (secondary N) is 2. The van der Waals surface area contributed by atoms with Crippen LogP contribution in [-0.2, 0) is 6.42 Å². The normalized spacial score (nSPS) is 17.3. The number of rotatable bonds is 7. The molecule has 0 bridgehead atoms. The summed E-state index contributed by atoms with van der Waals surface area (Å²) in [6, 6.07) is 3.86. The number of aliphatic hydroxyl groups excluding tert-OH is 1. The molecular formula is C14H23N3O2. The zero-order valence-electron chi connectivity index (χ0n) is 11.5. The Hall–Kier alpha value is -1.49. The lowest BCUT2D eigenvalue weighted by atomic mass is 10.1. The Morgan fingerprint density at radius 3 is 2.89 bits per heavy atom. The highest BCUT2D eigenvalue weighted by Crippen LogP contribution is 2.45. The predicted molar refractivity (Wildman–Crippen MR) is 75.1 cm³/mol. The molecule has 1 aliphatic carbocycles. The smallest absolute Gasteiger partial charge is 0.191 e. The van der Waals surface area contributed by atoms with Gasteiger partial charge in [-0.2, -0.15) is 0 Å². The maximum atomic E-state index is 9.28. The molecule has 5 nitrogen and oxygen atoms in total. The van der Waals surface area contributed by atoms with Crippen molar-refractivity contribution in [3.05, 3.63) is 24.2 Å². The van der Waals surface area contributed by atoms with Gasteiger partial charge in [0.25, 0.3) is 0 Å². The monoisotopic (exact) mass is 265 g/mol. The number of furan rings is 1. The molecule has 1 saturated carbocycles. The first kappa shape index (κ1) is 13.9. The molecule has 3 N–H and O–H groups in total. The minimum Gasteiger partial charge on any atom is -0.469 e. The first-order valence-corrected chi connectivity index (χ1v) is 6.93. The molecule has 2 rings (SSSR count). The van der Waals surface area contributed by atoms with E-state index in [2.05, 4.69) is 15.6 Å². The van der Waals surface area contributed by atoms with Crippen molar-refractivity contribution in [1.29, 1.82) is 0 Å². The predicted octanol–water partition coefficient (Wildman–Crippen LogP) is 1.15. The zero-order valence-corrected chi connectivity index (χ0v) is 11.5. The van der Waals surface area contributed by atoms with Gasteiger partial charge in [0.05, 0.1) is 19.4 Å². The fraction of sp³-hybridized carbons (Fsp3) is 0.643. The van der Waals surface area contributed by atoms with Crippen LogP contribution in [0.4, 0.5) is 0 Å². The van der Waals surface area contributed by atoms with E-state index in [4.69, 9.17) is 4.42 Å². The molecule has 106 valence electrons. The third-order valence-electron chi connectivity index (χ3n) is 3.45. The maximum Gasteiger partial charge on any atom is 0.191 e. The van der Waals surface area contributed by atoms with Gasteiger partial charge in [-0.1, -0.05) is 0 Å². The van der Waals surface area contributed by atoms with Crippen LogP contribution >= 0.6 is 0 Å². The molecule has 0 aliphatic heterocycles. The maximum absolute atomic E-state index is 9.28. The van der Waals surface area contributed by atoms with Crippen molar-refractivity contribution in [2.24, 2.45) is 10.4 Å². The summed E-state index contributed by atoms with van der Waals surface area (Å²) in [6.07, 6.45) is 4.69. The second kappa shape index (κ2) is 6.61. The number of aliphatic hydroxyl groups is 1. The molecule has 0 amide bonds.